The molecule has 1 fully saturated rings. The molecule has 29 heteroatoms. The zero-order valence-electron chi connectivity index (χ0n) is 38.1. The molecule has 1 aliphatic heterocycles. The summed E-state index contributed by atoms with van der Waals surface area (Å²) in [7, 11) is 0. The normalized spacial score (nSPS) is 25.0. The molecule has 0 aliphatic carbocycles. The van der Waals surface area contributed by atoms with Gasteiger partial charge in [-0.25, -0.2) is 0 Å². The Morgan fingerprint density at radius 3 is 1.53 bits per heavy atom. The average molecular weight is 972 g/mol. The highest BCUT2D eigenvalue weighted by atomic mass is 16.4. The molecule has 9 atom stereocenters. The van der Waals surface area contributed by atoms with E-state index in [4.69, 9.17) is 17.2 Å². The largest absolute Gasteiger partial charge is 0.481 e. The Bertz CT molecular complexity index is 1880. The van der Waals surface area contributed by atoms with Gasteiger partial charge in [-0.15, -0.1) is 0 Å². The molecule has 0 radical (unpaired) electrons. The second-order valence-electron chi connectivity index (χ2n) is 16.1. The van der Waals surface area contributed by atoms with Crippen molar-refractivity contribution in [3.8, 4) is 0 Å². The van der Waals surface area contributed by atoms with E-state index in [0.29, 0.717) is 6.42 Å². The van der Waals surface area contributed by atoms with Crippen LogP contribution >= 0.6 is 0 Å². The minimum absolute atomic E-state index is 0.0400. The lowest BCUT2D eigenvalue weighted by molar-refractivity contribution is -0.142. The van der Waals surface area contributed by atoms with Gasteiger partial charge in [0, 0.05) is 13.0 Å². The van der Waals surface area contributed by atoms with Crippen molar-refractivity contribution >= 4 is 77.0 Å². The maximum atomic E-state index is 14.0. The summed E-state index contributed by atoms with van der Waals surface area (Å²) < 4.78 is 0. The molecule has 0 unspecified atom stereocenters. The number of nitrogens with zero attached hydrogens (tertiary/aromatic N) is 1. The Morgan fingerprint density at radius 1 is 0.574 bits per heavy atom. The minimum atomic E-state index is -1.90. The summed E-state index contributed by atoms with van der Waals surface area (Å²) in [6.07, 6.45) is -4.85. The van der Waals surface area contributed by atoms with Gasteiger partial charge in [-0.05, 0) is 64.8 Å². The van der Waals surface area contributed by atoms with Gasteiger partial charge in [-0.2, -0.15) is 0 Å². The number of nitrogens with two attached hydrogens (primary N) is 3. The summed E-state index contributed by atoms with van der Waals surface area (Å²) in [6.45, 7) is 4.26. The molecular formula is C39H65N13O16. The fraction of sp³-hybridized carbons (Fsp3) is 0.667. The van der Waals surface area contributed by atoms with Gasteiger partial charge in [-0.1, -0.05) is 13.8 Å². The summed E-state index contributed by atoms with van der Waals surface area (Å²) >= 11 is 0. The number of carbonyl (C=O) groups is 12. The van der Waals surface area contributed by atoms with Crippen LogP contribution < -0.4 is 65.1 Å². The van der Waals surface area contributed by atoms with Gasteiger partial charge in [0.25, 0.3) is 0 Å². The van der Waals surface area contributed by atoms with E-state index in [2.05, 4.69) is 52.8 Å². The molecule has 0 aromatic carbocycles. The van der Waals surface area contributed by atoms with Gasteiger partial charge in [0.15, 0.2) is 5.96 Å². The molecule has 68 heavy (non-hydrogen) atoms. The van der Waals surface area contributed by atoms with Gasteiger partial charge >= 0.3 is 17.9 Å². The Hall–Kier alpha value is -7.17. The van der Waals surface area contributed by atoms with Gasteiger partial charge in [0.1, 0.15) is 48.3 Å². The number of carboxylic acid groups (broad SMARTS) is 3. The first-order valence-electron chi connectivity index (χ1n) is 21.6. The van der Waals surface area contributed by atoms with Crippen LogP contribution in [0.1, 0.15) is 85.5 Å². The molecule has 0 bridgehead atoms. The van der Waals surface area contributed by atoms with Crippen molar-refractivity contribution in [3.63, 3.8) is 0 Å². The van der Waals surface area contributed by atoms with Gasteiger partial charge in [0.2, 0.25) is 53.2 Å². The molecule has 9 amide bonds. The highest BCUT2D eigenvalue weighted by molar-refractivity contribution is 6.00. The number of aliphatic hydroxyl groups is 1. The van der Waals surface area contributed by atoms with Crippen LogP contribution in [0.3, 0.4) is 0 Å². The summed E-state index contributed by atoms with van der Waals surface area (Å²) in [6, 6.07) is -13.5. The number of hydrogen-bond donors (Lipinski definition) is 16. The van der Waals surface area contributed by atoms with Crippen molar-refractivity contribution < 1.29 is 78.0 Å². The molecule has 29 nitrogen and oxygen atoms in total. The number of nitrogens with one attached hydrogen (secondary N) is 9. The molecule has 0 spiro atoms. The lowest BCUT2D eigenvalue weighted by atomic mass is 10.0. The van der Waals surface area contributed by atoms with E-state index in [-0.39, 0.29) is 44.7 Å². The van der Waals surface area contributed by atoms with Gasteiger partial charge < -0.3 is 85.5 Å². The quantitative estimate of drug-likeness (QED) is 0.0366. The van der Waals surface area contributed by atoms with E-state index in [1.807, 2.05) is 0 Å². The monoisotopic (exact) mass is 971 g/mol. The van der Waals surface area contributed by atoms with Crippen LogP contribution in [0.15, 0.2) is 4.99 Å². The van der Waals surface area contributed by atoms with Crippen molar-refractivity contribution in [1.82, 2.24) is 47.9 Å². The molecular weight excluding hydrogens is 907 g/mol. The van der Waals surface area contributed by atoms with Crippen molar-refractivity contribution in [2.24, 2.45) is 28.1 Å². The summed E-state index contributed by atoms with van der Waals surface area (Å²) in [5.74, 6) is -15.9. The molecule has 19 N–H and O–H groups in total. The lowest BCUT2D eigenvalue weighted by Crippen LogP contribution is -2.61. The number of guanidine groups is 1. The minimum Gasteiger partial charge on any atom is -0.481 e. The van der Waals surface area contributed by atoms with E-state index in [1.54, 1.807) is 0 Å². The molecule has 1 heterocycles. The highest BCUT2D eigenvalue weighted by Gasteiger charge is 2.36. The standard InChI is InChI=1S/C39H65N13O16/c1-17(2)29-38(68)50-24(15-28(59)60)35(65)45-18(3)31(61)47-22(10-11-26(55)56)34(64)52-30(19(4)53)37(67)44-16-25(54)46-23(14-27(57)58)36(66)49-20(8-5-6-12-40)32(62)48-21(33(63)51-29)9-7-13-43-39(41)42/h17-24,29-30,53H,5-16,40H2,1-4H3,(H,44,67)(H,45,65)(H,46,54)(H,47,61)(H,48,62)(H,49,66)(H,50,68)(H,51,63)(H,52,64)(H,55,56)(H,57,58)(H,59,60)(H4,41,42,43)/t18-,19+,20-,21-,22-,23-,24-,29-,30-/m0/s1. The van der Waals surface area contributed by atoms with Crippen LogP contribution in [0.4, 0.5) is 0 Å². The predicted molar refractivity (Wildman–Crippen MR) is 235 cm³/mol. The second-order valence-corrected chi connectivity index (χ2v) is 16.1. The SMILES string of the molecule is CC(C)[C@@H]1NC(=O)[C@H](CCCN=C(N)N)NC(=O)[C@H](CCCCN)NC(=O)[C@H](CC(=O)O)NC(=O)CNC(=O)[C@H]([C@@H](C)O)NC(=O)[C@H](CCC(=O)O)NC(=O)[C@H](C)NC(=O)[C@H](CC(=O)O)NC1=O. The predicted octanol–water partition coefficient (Wildman–Crippen LogP) is -6.95. The van der Waals surface area contributed by atoms with Crippen LogP contribution in [0.5, 0.6) is 0 Å². The van der Waals surface area contributed by atoms with Crippen molar-refractivity contribution in [3.05, 3.63) is 0 Å². The maximum Gasteiger partial charge on any atom is 0.305 e. The number of unbranched alkanes of at least 4 members (excludes halogenated alkanes) is 1. The van der Waals surface area contributed by atoms with E-state index in [9.17, 15) is 78.0 Å². The number of carboxylic acids is 3. The number of carbonyl (C=O) groups excluding carboxylic acids is 9. The molecule has 382 valence electrons. The van der Waals surface area contributed by atoms with E-state index < -0.39 is 164 Å². The lowest BCUT2D eigenvalue weighted by Gasteiger charge is -2.28. The van der Waals surface area contributed by atoms with E-state index in [0.717, 1.165) is 13.8 Å². The van der Waals surface area contributed by atoms with Crippen molar-refractivity contribution in [2.75, 3.05) is 19.6 Å². The third-order valence-electron chi connectivity index (χ3n) is 9.96. The molecule has 0 aromatic rings. The van der Waals surface area contributed by atoms with Crippen molar-refractivity contribution in [2.45, 2.75) is 140 Å². The Labute approximate surface area is 390 Å². The smallest absolute Gasteiger partial charge is 0.305 e. The average Bonchev–Trinajstić information content (AvgIpc) is 3.23. The molecule has 1 rings (SSSR count). The Kier molecular flexibility index (Phi) is 25.5. The Balaban J connectivity index is 3.91. The molecule has 0 saturated carbocycles. The van der Waals surface area contributed by atoms with Crippen LogP contribution in [0.25, 0.3) is 0 Å². The summed E-state index contributed by atoms with van der Waals surface area (Å²) in [4.78, 5) is 161. The van der Waals surface area contributed by atoms with Crippen LogP contribution in [-0.4, -0.2) is 172 Å². The first-order chi connectivity index (χ1) is 31.8. The highest BCUT2D eigenvalue weighted by Crippen LogP contribution is 2.10. The second kappa shape index (κ2) is 29.5. The fourth-order valence-corrected chi connectivity index (χ4v) is 6.29. The fourth-order valence-electron chi connectivity index (χ4n) is 6.29. The van der Waals surface area contributed by atoms with Crippen LogP contribution in [0, 0.1) is 5.92 Å². The number of aliphatic carboxylic acids is 3. The third kappa shape index (κ3) is 21.9. The Morgan fingerprint density at radius 2 is 1.03 bits per heavy atom. The van der Waals surface area contributed by atoms with E-state index >= 15 is 0 Å². The van der Waals surface area contributed by atoms with Crippen LogP contribution in [-0.2, 0) is 57.5 Å². The van der Waals surface area contributed by atoms with Gasteiger partial charge in [0.05, 0.1) is 25.5 Å². The number of aliphatic hydroxyl groups excluding tert-OH is 1. The first-order valence-corrected chi connectivity index (χ1v) is 21.6. The summed E-state index contributed by atoms with van der Waals surface area (Å²) in [5, 5.41) is 59.3. The zero-order valence-corrected chi connectivity index (χ0v) is 38.1. The molecule has 1 saturated heterocycles. The van der Waals surface area contributed by atoms with Gasteiger partial charge in [-0.3, -0.25) is 62.5 Å². The topological polar surface area (TPSA) is 484 Å². The van der Waals surface area contributed by atoms with E-state index in [1.165, 1.54) is 13.8 Å². The number of rotatable bonds is 17. The molecule has 1 aliphatic rings. The van der Waals surface area contributed by atoms with Crippen molar-refractivity contribution in [1.29, 1.82) is 0 Å². The zero-order chi connectivity index (χ0) is 51.8. The number of hydrogen-bond acceptors (Lipinski definition) is 15. The maximum absolute atomic E-state index is 14.0. The first kappa shape index (κ1) is 58.8. The summed E-state index contributed by atoms with van der Waals surface area (Å²) in [5.41, 5.74) is 16.5. The number of amides is 9. The third-order valence-corrected chi connectivity index (χ3v) is 9.96. The molecule has 0 aromatic heterocycles. The number of aliphatic imine (C=N–C) groups is 1. The van der Waals surface area contributed by atoms with Crippen LogP contribution in [0.2, 0.25) is 0 Å².